The molecule has 1 atom stereocenters. The van der Waals surface area contributed by atoms with Crippen LogP contribution in [0.3, 0.4) is 0 Å². The third-order valence-electron chi connectivity index (χ3n) is 3.88. The number of rotatable bonds is 3. The van der Waals surface area contributed by atoms with Crippen LogP contribution in [0.2, 0.25) is 0 Å². The number of nitriles is 1. The largest absolute Gasteiger partial charge is 0.472 e. The van der Waals surface area contributed by atoms with Gasteiger partial charge in [-0.15, -0.1) is 12.6 Å². The van der Waals surface area contributed by atoms with Gasteiger partial charge < -0.3 is 24.5 Å². The molecule has 1 saturated heterocycles. The summed E-state index contributed by atoms with van der Waals surface area (Å²) < 4.78 is 15.2. The number of allylic oxidation sites excluding steroid dienone is 2. The molecule has 0 bridgehead atoms. The monoisotopic (exact) mass is 377 g/mol. The Bertz CT molecular complexity index is 704. The smallest absolute Gasteiger partial charge is 0.336 e. The van der Waals surface area contributed by atoms with Crippen molar-refractivity contribution in [3.8, 4) is 6.07 Å². The van der Waals surface area contributed by atoms with Crippen molar-refractivity contribution < 1.29 is 18.7 Å². The number of ether oxygens (including phenoxy) is 2. The minimum absolute atomic E-state index is 0.271. The summed E-state index contributed by atoms with van der Waals surface area (Å²) in [6.45, 7) is 7.60. The Balaban J connectivity index is 0.000000342. The summed E-state index contributed by atoms with van der Waals surface area (Å²) in [7, 11) is 0. The summed E-state index contributed by atoms with van der Waals surface area (Å²) in [6, 6.07) is 3.82. The fourth-order valence-corrected chi connectivity index (χ4v) is 3.04. The molecule has 1 aromatic rings. The minimum Gasteiger partial charge on any atom is -0.472 e. The number of hydrogen-bond acceptors (Lipinski definition) is 8. The molecule has 8 heteroatoms. The third-order valence-corrected chi connectivity index (χ3v) is 4.23. The summed E-state index contributed by atoms with van der Waals surface area (Å²) in [4.78, 5) is 12.2. The zero-order chi connectivity index (χ0) is 18.9. The second-order valence-electron chi connectivity index (χ2n) is 5.61. The minimum atomic E-state index is -0.522. The van der Waals surface area contributed by atoms with E-state index >= 15 is 0 Å². The highest BCUT2D eigenvalue weighted by Crippen LogP contribution is 2.39. The van der Waals surface area contributed by atoms with E-state index < -0.39 is 11.9 Å². The van der Waals surface area contributed by atoms with E-state index in [1.165, 1.54) is 12.5 Å². The highest BCUT2D eigenvalue weighted by molar-refractivity contribution is 7.84. The molecular weight excluding hydrogens is 354 g/mol. The number of carbonyl (C=O) groups excluding carboxylic acids is 1. The lowest BCUT2D eigenvalue weighted by molar-refractivity contribution is -0.138. The molecule has 140 valence electrons. The maximum atomic E-state index is 12.2. The number of hydrogen-bond donors (Lipinski definition) is 3. The van der Waals surface area contributed by atoms with E-state index in [-0.39, 0.29) is 6.61 Å². The molecule has 7 nitrogen and oxygen atoms in total. The lowest BCUT2D eigenvalue weighted by Crippen LogP contribution is -2.30. The topological polar surface area (TPSA) is 96.5 Å². The Morgan fingerprint density at radius 2 is 2.19 bits per heavy atom. The predicted molar refractivity (Wildman–Crippen MR) is 99.2 cm³/mol. The molecule has 1 aromatic heterocycles. The maximum absolute atomic E-state index is 12.2. The van der Waals surface area contributed by atoms with Crippen molar-refractivity contribution in [2.75, 3.05) is 32.9 Å². The van der Waals surface area contributed by atoms with Crippen LogP contribution >= 0.6 is 12.6 Å². The summed E-state index contributed by atoms with van der Waals surface area (Å²) in [5, 5.41) is 15.9. The van der Waals surface area contributed by atoms with Crippen LogP contribution in [-0.4, -0.2) is 38.9 Å². The number of nitrogens with zero attached hydrogens (tertiary/aromatic N) is 1. The molecule has 0 aromatic carbocycles. The zero-order valence-corrected chi connectivity index (χ0v) is 15.8. The van der Waals surface area contributed by atoms with Gasteiger partial charge in [-0.3, -0.25) is 0 Å². The molecule has 0 saturated carbocycles. The Morgan fingerprint density at radius 1 is 1.46 bits per heavy atom. The van der Waals surface area contributed by atoms with E-state index in [0.717, 1.165) is 31.9 Å². The Hall–Kier alpha value is -2.21. The molecule has 3 rings (SSSR count). The molecule has 0 amide bonds. The van der Waals surface area contributed by atoms with Gasteiger partial charge in [0.15, 0.2) is 0 Å². The molecule has 0 spiro atoms. The summed E-state index contributed by atoms with van der Waals surface area (Å²) in [5.41, 5.74) is 2.11. The van der Waals surface area contributed by atoms with Gasteiger partial charge in [0, 0.05) is 24.4 Å². The number of carbonyl (C=O) groups is 1. The number of thiol groups is 1. The van der Waals surface area contributed by atoms with Crippen LogP contribution in [0, 0.1) is 11.3 Å². The first-order valence-corrected chi connectivity index (χ1v) is 8.83. The van der Waals surface area contributed by atoms with Gasteiger partial charge >= 0.3 is 5.97 Å². The van der Waals surface area contributed by atoms with Crippen molar-refractivity contribution in [3.05, 3.63) is 46.0 Å². The van der Waals surface area contributed by atoms with Crippen LogP contribution in [-0.2, 0) is 14.3 Å². The van der Waals surface area contributed by atoms with Gasteiger partial charge in [0.25, 0.3) is 0 Å². The predicted octanol–water partition coefficient (Wildman–Crippen LogP) is 2.07. The van der Waals surface area contributed by atoms with Crippen LogP contribution in [0.25, 0.3) is 0 Å². The number of furan rings is 1. The number of nitrogens with one attached hydrogen (secondary N) is 2. The van der Waals surface area contributed by atoms with E-state index in [4.69, 9.17) is 13.9 Å². The molecule has 2 aliphatic heterocycles. The van der Waals surface area contributed by atoms with Crippen LogP contribution in [0.4, 0.5) is 0 Å². The average molecular weight is 377 g/mol. The summed E-state index contributed by atoms with van der Waals surface area (Å²) in [6.07, 6.45) is 3.02. The zero-order valence-electron chi connectivity index (χ0n) is 14.9. The lowest BCUT2D eigenvalue weighted by Gasteiger charge is -2.26. The normalized spacial score (nSPS) is 19.8. The van der Waals surface area contributed by atoms with Gasteiger partial charge in [-0.25, -0.2) is 4.79 Å². The molecule has 2 aliphatic rings. The van der Waals surface area contributed by atoms with Gasteiger partial charge in [0.2, 0.25) is 0 Å². The fraction of sp³-hybridized carbons (Fsp3) is 0.444. The fourth-order valence-electron chi connectivity index (χ4n) is 2.70. The molecular formula is C18H23N3O4S. The van der Waals surface area contributed by atoms with Crippen molar-refractivity contribution >= 4 is 18.6 Å². The van der Waals surface area contributed by atoms with Crippen molar-refractivity contribution in [1.82, 2.24) is 10.6 Å². The average Bonchev–Trinajstić information content (AvgIpc) is 3.17. The number of morpholine rings is 1. The van der Waals surface area contributed by atoms with E-state index in [9.17, 15) is 10.1 Å². The highest BCUT2D eigenvalue weighted by Gasteiger charge is 2.35. The van der Waals surface area contributed by atoms with Gasteiger partial charge in [-0.1, -0.05) is 0 Å². The first-order valence-electron chi connectivity index (χ1n) is 8.38. The van der Waals surface area contributed by atoms with Gasteiger partial charge in [-0.05, 0) is 19.9 Å². The third kappa shape index (κ3) is 4.91. The summed E-state index contributed by atoms with van der Waals surface area (Å²) in [5.74, 6) is -0.969. The molecule has 1 fully saturated rings. The van der Waals surface area contributed by atoms with Crippen LogP contribution in [0.15, 0.2) is 44.9 Å². The first kappa shape index (κ1) is 20.1. The van der Waals surface area contributed by atoms with E-state index in [1.54, 1.807) is 19.9 Å². The Labute approximate surface area is 158 Å². The first-order chi connectivity index (χ1) is 12.6. The number of dihydropyridines is 1. The van der Waals surface area contributed by atoms with Crippen LogP contribution in [0.5, 0.6) is 0 Å². The molecule has 26 heavy (non-hydrogen) atoms. The Kier molecular flexibility index (Phi) is 7.78. The van der Waals surface area contributed by atoms with E-state index in [1.807, 2.05) is 0 Å². The summed E-state index contributed by atoms with van der Waals surface area (Å²) >= 11 is 4.28. The second-order valence-corrected chi connectivity index (χ2v) is 6.06. The molecule has 0 aliphatic carbocycles. The van der Waals surface area contributed by atoms with Crippen molar-refractivity contribution in [2.45, 2.75) is 19.8 Å². The van der Waals surface area contributed by atoms with Crippen molar-refractivity contribution in [2.24, 2.45) is 0 Å². The van der Waals surface area contributed by atoms with Gasteiger partial charge in [0.1, 0.15) is 0 Å². The van der Waals surface area contributed by atoms with E-state index in [0.29, 0.717) is 21.9 Å². The lowest BCUT2D eigenvalue weighted by atomic mass is 9.84. The number of esters is 1. The Morgan fingerprint density at radius 3 is 2.65 bits per heavy atom. The van der Waals surface area contributed by atoms with Crippen LogP contribution < -0.4 is 10.6 Å². The van der Waals surface area contributed by atoms with Crippen LogP contribution in [0.1, 0.15) is 25.3 Å². The standard InChI is InChI=1S/C14H14N2O3S.C4H9NO/c1-3-19-14(17)11-8(2)16-13(20)10(6-15)12(11)9-4-5-18-7-9;1-3-6-4-2-5-1/h4-5,7,12,16,20H,3H2,1-2H3;5H,1-4H2. The SMILES string of the molecule is C1COCCN1.CCOC(=O)C1=C(C)NC(S)=C(C#N)C1c1ccoc1. The molecule has 0 radical (unpaired) electrons. The van der Waals surface area contributed by atoms with Gasteiger partial charge in [0.05, 0.1) is 60.5 Å². The molecule has 1 unspecified atom stereocenters. The quantitative estimate of drug-likeness (QED) is 0.548. The van der Waals surface area contributed by atoms with Crippen molar-refractivity contribution in [1.29, 1.82) is 5.26 Å². The van der Waals surface area contributed by atoms with E-state index in [2.05, 4.69) is 29.3 Å². The maximum Gasteiger partial charge on any atom is 0.336 e. The highest BCUT2D eigenvalue weighted by atomic mass is 32.1. The second kappa shape index (κ2) is 10.1. The molecule has 3 heterocycles. The van der Waals surface area contributed by atoms with Crippen molar-refractivity contribution in [3.63, 3.8) is 0 Å². The molecule has 2 N–H and O–H groups in total. The van der Waals surface area contributed by atoms with Gasteiger partial charge in [-0.2, -0.15) is 5.26 Å².